The molecule has 26 heteroatoms. The molecule has 5 aliphatic rings. The summed E-state index contributed by atoms with van der Waals surface area (Å²) in [5.41, 5.74) is 0. The predicted molar refractivity (Wildman–Crippen MR) is 187 cm³/mol. The summed E-state index contributed by atoms with van der Waals surface area (Å²) >= 11 is 0. The van der Waals surface area contributed by atoms with Gasteiger partial charge in [-0.1, -0.05) is 0 Å². The van der Waals surface area contributed by atoms with Gasteiger partial charge in [-0.25, -0.2) is 0 Å². The van der Waals surface area contributed by atoms with Gasteiger partial charge in [0.2, 0.25) is 11.8 Å². The first-order valence-corrected chi connectivity index (χ1v) is 19.3. The van der Waals surface area contributed by atoms with Crippen molar-refractivity contribution in [3.05, 3.63) is 0 Å². The Morgan fingerprint density at radius 3 is 1.45 bits per heavy atom. The maximum absolute atomic E-state index is 12.5. The van der Waals surface area contributed by atoms with Gasteiger partial charge in [0.15, 0.2) is 31.5 Å². The highest BCUT2D eigenvalue weighted by Crippen LogP contribution is 2.34. The number of rotatable bonds is 13. The molecule has 0 aromatic rings. The van der Waals surface area contributed by atoms with E-state index in [1.54, 1.807) is 0 Å². The highest BCUT2D eigenvalue weighted by atomic mass is 16.8. The Morgan fingerprint density at radius 2 is 0.900 bits per heavy atom. The summed E-state index contributed by atoms with van der Waals surface area (Å²) in [6.45, 7) is 2.64. The first-order chi connectivity index (χ1) is 28.2. The van der Waals surface area contributed by atoms with Gasteiger partial charge in [0.05, 0.1) is 32.0 Å². The molecule has 60 heavy (non-hydrogen) atoms. The molecule has 5 rings (SSSR count). The molecule has 2 amide bonds. The van der Waals surface area contributed by atoms with Crippen LogP contribution in [0.1, 0.15) is 27.7 Å². The molecule has 0 bridgehead atoms. The van der Waals surface area contributed by atoms with Gasteiger partial charge in [-0.15, -0.1) is 0 Å². The van der Waals surface area contributed by atoms with Gasteiger partial charge in [-0.3, -0.25) is 9.59 Å². The van der Waals surface area contributed by atoms with Gasteiger partial charge >= 0.3 is 0 Å². The van der Waals surface area contributed by atoms with Crippen molar-refractivity contribution in [3.8, 4) is 0 Å². The third-order valence-corrected chi connectivity index (χ3v) is 11.0. The number of hydrogen-bond donors (Lipinski definition) is 15. The number of amides is 2. The summed E-state index contributed by atoms with van der Waals surface area (Å²) in [7, 11) is 0. The molecule has 5 saturated heterocycles. The number of aliphatic hydroxyl groups excluding tert-OH is 13. The lowest BCUT2D eigenvalue weighted by atomic mass is 9.94. The SMILES string of the molecule is CC(=O)N[C@@H]1[C@H](O[C@H]2[C@H](O)[C@@H](CO)O[C@@H](O)[C@@H]2NC(C)=O)O[C@@H](C)[C@@H](O)[C@H]1O[C@H]1O[C@H](CO[C@@H]2O[C@@H](C)[C@H](O)[C@@H](O[C@H]3O[C@H](CO)[C@@H](O)[C@H](O)[C@H]3O)[C@H]2O)[C@@H](O)[C@H](O)[C@H]1O. The fraction of sp³-hybridized carbons (Fsp3) is 0.941. The van der Waals surface area contributed by atoms with Crippen molar-refractivity contribution >= 4 is 11.8 Å². The highest BCUT2D eigenvalue weighted by Gasteiger charge is 2.55. The number of aliphatic hydroxyl groups is 13. The first kappa shape index (κ1) is 49.1. The minimum atomic E-state index is -2.02. The molecule has 5 heterocycles. The van der Waals surface area contributed by atoms with Crippen LogP contribution in [0.15, 0.2) is 0 Å². The van der Waals surface area contributed by atoms with Crippen LogP contribution in [-0.4, -0.2) is 251 Å². The number of hydrogen-bond acceptors (Lipinski definition) is 24. The van der Waals surface area contributed by atoms with Crippen molar-refractivity contribution < 1.29 is 119 Å². The molecule has 0 saturated carbocycles. The van der Waals surface area contributed by atoms with Crippen molar-refractivity contribution in [3.63, 3.8) is 0 Å². The van der Waals surface area contributed by atoms with Crippen molar-refractivity contribution in [2.45, 2.75) is 181 Å². The summed E-state index contributed by atoms with van der Waals surface area (Å²) in [5.74, 6) is -1.39. The third-order valence-electron chi connectivity index (χ3n) is 11.0. The van der Waals surface area contributed by atoms with Crippen LogP contribution in [-0.2, 0) is 52.2 Å². The number of carbonyl (C=O) groups excluding carboxylic acids is 2. The highest BCUT2D eigenvalue weighted by molar-refractivity contribution is 5.73. The lowest BCUT2D eigenvalue weighted by Gasteiger charge is -2.49. The molecule has 26 nitrogen and oxygen atoms in total. The van der Waals surface area contributed by atoms with Gasteiger partial charge in [0.1, 0.15) is 110 Å². The minimum Gasteiger partial charge on any atom is -0.394 e. The van der Waals surface area contributed by atoms with Crippen LogP contribution in [0.25, 0.3) is 0 Å². The second-order valence-corrected chi connectivity index (χ2v) is 15.4. The van der Waals surface area contributed by atoms with Crippen LogP contribution >= 0.6 is 0 Å². The van der Waals surface area contributed by atoms with Gasteiger partial charge in [-0.2, -0.15) is 0 Å². The molecule has 0 aliphatic carbocycles. The Morgan fingerprint density at radius 1 is 0.467 bits per heavy atom. The maximum Gasteiger partial charge on any atom is 0.217 e. The maximum atomic E-state index is 12.5. The number of nitrogens with one attached hydrogen (secondary N) is 2. The number of carbonyl (C=O) groups is 2. The average molecular weight is 879 g/mol. The molecule has 5 fully saturated rings. The van der Waals surface area contributed by atoms with Crippen LogP contribution in [0, 0.1) is 0 Å². The Labute approximate surface area is 342 Å². The summed E-state index contributed by atoms with van der Waals surface area (Å²) < 4.78 is 51.0. The monoisotopic (exact) mass is 878 g/mol. The topological polar surface area (TPSA) is 404 Å². The van der Waals surface area contributed by atoms with Gasteiger partial charge in [0.25, 0.3) is 0 Å². The Hall–Kier alpha value is -1.94. The number of ether oxygens (including phenoxy) is 9. The van der Waals surface area contributed by atoms with E-state index < -0.39 is 185 Å². The van der Waals surface area contributed by atoms with Gasteiger partial charge < -0.3 is 120 Å². The van der Waals surface area contributed by atoms with E-state index in [1.807, 2.05) is 0 Å². The lowest BCUT2D eigenvalue weighted by Crippen LogP contribution is -2.70. The molecular formula is C34H58N2O24. The van der Waals surface area contributed by atoms with Crippen molar-refractivity contribution in [1.29, 1.82) is 0 Å². The second-order valence-electron chi connectivity index (χ2n) is 15.4. The largest absolute Gasteiger partial charge is 0.394 e. The Bertz CT molecular complexity index is 1400. The fourth-order valence-corrected chi connectivity index (χ4v) is 7.61. The van der Waals surface area contributed by atoms with E-state index in [2.05, 4.69) is 10.6 Å². The van der Waals surface area contributed by atoms with Gasteiger partial charge in [0, 0.05) is 13.8 Å². The molecule has 0 aromatic carbocycles. The third kappa shape index (κ3) is 10.5. The van der Waals surface area contributed by atoms with Crippen LogP contribution in [0.5, 0.6) is 0 Å². The van der Waals surface area contributed by atoms with E-state index in [-0.39, 0.29) is 0 Å². The smallest absolute Gasteiger partial charge is 0.217 e. The Balaban J connectivity index is 1.31. The van der Waals surface area contributed by atoms with Crippen LogP contribution < -0.4 is 10.6 Å². The van der Waals surface area contributed by atoms with Crippen molar-refractivity contribution in [2.75, 3.05) is 19.8 Å². The molecular weight excluding hydrogens is 820 g/mol. The molecule has 0 aromatic heterocycles. The molecule has 0 spiro atoms. The zero-order valence-corrected chi connectivity index (χ0v) is 32.9. The first-order valence-electron chi connectivity index (χ1n) is 19.3. The zero-order valence-electron chi connectivity index (χ0n) is 32.9. The standard InChI is InChI=1S/C34H58N2O24/c1-8-17(41)28(16(36-11(4)40)31(53-8)58-27-15(35-10(3)39)30(51)55-13(6-38)21(27)45)59-34-25(49)23(47)20(44)14(57-34)7-52-32-26(50)29(18(42)9(2)54-32)60-33-24(48)22(46)19(43)12(5-37)56-33/h8-9,12-34,37-38,41-51H,5-7H2,1-4H3,(H,35,39)(H,36,40)/t8-,9-,12+,13+,14+,15+,16-,17+,18-,19+,20+,21+,22-,23-,24+,25+,26+,27+,28-,29+,30+,31-,32+,33+,34+/m0/s1. The van der Waals surface area contributed by atoms with Gasteiger partial charge in [-0.05, 0) is 13.8 Å². The van der Waals surface area contributed by atoms with Crippen LogP contribution in [0.3, 0.4) is 0 Å². The minimum absolute atomic E-state index is 0.667. The van der Waals surface area contributed by atoms with E-state index in [0.29, 0.717) is 0 Å². The van der Waals surface area contributed by atoms with Crippen LogP contribution in [0.2, 0.25) is 0 Å². The summed E-state index contributed by atoms with van der Waals surface area (Å²) in [5, 5.41) is 142. The van der Waals surface area contributed by atoms with E-state index in [9.17, 15) is 76.0 Å². The molecule has 0 radical (unpaired) electrons. The molecule has 25 atom stereocenters. The van der Waals surface area contributed by atoms with E-state index in [1.165, 1.54) is 13.8 Å². The summed E-state index contributed by atoms with van der Waals surface area (Å²) in [6.07, 6.45) is -38.6. The van der Waals surface area contributed by atoms with E-state index >= 15 is 0 Å². The fourth-order valence-electron chi connectivity index (χ4n) is 7.61. The molecule has 348 valence electrons. The summed E-state index contributed by atoms with van der Waals surface area (Å²) in [4.78, 5) is 24.5. The molecule has 0 unspecified atom stereocenters. The van der Waals surface area contributed by atoms with Crippen LogP contribution in [0.4, 0.5) is 0 Å². The second kappa shape index (κ2) is 20.7. The molecule has 5 aliphatic heterocycles. The van der Waals surface area contributed by atoms with Crippen molar-refractivity contribution in [1.82, 2.24) is 10.6 Å². The Kier molecular flexibility index (Phi) is 16.9. The predicted octanol–water partition coefficient (Wildman–Crippen LogP) is -9.58. The molecule has 15 N–H and O–H groups in total. The normalized spacial score (nSPS) is 50.2. The average Bonchev–Trinajstić information content (AvgIpc) is 3.19. The quantitative estimate of drug-likeness (QED) is 0.0817. The zero-order chi connectivity index (χ0) is 44.5. The van der Waals surface area contributed by atoms with E-state index in [0.717, 1.165) is 13.8 Å². The van der Waals surface area contributed by atoms with E-state index in [4.69, 9.17) is 42.6 Å². The van der Waals surface area contributed by atoms with Crippen molar-refractivity contribution in [2.24, 2.45) is 0 Å². The summed E-state index contributed by atoms with van der Waals surface area (Å²) in [6, 6.07) is -2.97. The lowest BCUT2D eigenvalue weighted by molar-refractivity contribution is -0.368.